The first kappa shape index (κ1) is 21.2. The van der Waals surface area contributed by atoms with E-state index in [1.54, 1.807) is 43.3 Å². The van der Waals surface area contributed by atoms with Crippen LogP contribution in [0.3, 0.4) is 0 Å². The maximum Gasteiger partial charge on any atom is 0.264 e. The van der Waals surface area contributed by atoms with Gasteiger partial charge >= 0.3 is 0 Å². The lowest BCUT2D eigenvalue weighted by Gasteiger charge is -2.25. The van der Waals surface area contributed by atoms with E-state index in [0.29, 0.717) is 17.3 Å². The smallest absolute Gasteiger partial charge is 0.264 e. The number of hydrogen-bond acceptors (Lipinski definition) is 4. The molecule has 8 heteroatoms. The number of methoxy groups -OCH3 is 1. The minimum Gasteiger partial charge on any atom is -0.383 e. The van der Waals surface area contributed by atoms with Crippen molar-refractivity contribution in [3.63, 3.8) is 0 Å². The summed E-state index contributed by atoms with van der Waals surface area (Å²) in [5, 5.41) is 3.15. The van der Waals surface area contributed by atoms with Crippen molar-refractivity contribution in [2.45, 2.75) is 24.8 Å². The first-order chi connectivity index (χ1) is 12.8. The second kappa shape index (κ2) is 9.21. The molecule has 0 radical (unpaired) electrons. The Labute approximate surface area is 165 Å². The number of anilines is 1. The lowest BCUT2D eigenvalue weighted by Crippen LogP contribution is -2.44. The first-order valence-electron chi connectivity index (χ1n) is 8.38. The van der Waals surface area contributed by atoms with E-state index in [1.807, 2.05) is 6.92 Å². The molecule has 1 N–H and O–H groups in total. The molecule has 0 aromatic heterocycles. The molecular weight excluding hydrogens is 388 g/mol. The number of nitrogens with one attached hydrogen (secondary N) is 1. The van der Waals surface area contributed by atoms with Crippen molar-refractivity contribution < 1.29 is 17.9 Å². The third-order valence-electron chi connectivity index (χ3n) is 3.89. The molecule has 0 aliphatic rings. The standard InChI is InChI=1S/C19H23ClN2O4S/c1-14-9-10-16(11-18(14)20)22(12-19(23)21-15(2)13-26-3)27(24,25)17-7-5-4-6-8-17/h4-11,15H,12-13H2,1-3H3,(H,21,23)/t15-/m0/s1. The van der Waals surface area contributed by atoms with Crippen LogP contribution in [-0.2, 0) is 19.6 Å². The van der Waals surface area contributed by atoms with E-state index in [2.05, 4.69) is 5.32 Å². The van der Waals surface area contributed by atoms with E-state index in [-0.39, 0.29) is 17.5 Å². The zero-order valence-corrected chi connectivity index (χ0v) is 17.0. The normalized spacial score (nSPS) is 12.4. The highest BCUT2D eigenvalue weighted by atomic mass is 35.5. The molecule has 0 saturated heterocycles. The molecule has 2 aromatic rings. The largest absolute Gasteiger partial charge is 0.383 e. The van der Waals surface area contributed by atoms with E-state index in [1.165, 1.54) is 19.2 Å². The summed E-state index contributed by atoms with van der Waals surface area (Å²) in [7, 11) is -2.41. The second-order valence-electron chi connectivity index (χ2n) is 6.18. The molecule has 146 valence electrons. The summed E-state index contributed by atoms with van der Waals surface area (Å²) in [5.74, 6) is -0.434. The molecule has 0 fully saturated rings. The fourth-order valence-electron chi connectivity index (χ4n) is 2.51. The molecule has 0 aliphatic carbocycles. The van der Waals surface area contributed by atoms with Gasteiger partial charge in [0.2, 0.25) is 5.91 Å². The molecule has 2 aromatic carbocycles. The maximum atomic E-state index is 13.2. The molecular formula is C19H23ClN2O4S. The topological polar surface area (TPSA) is 75.7 Å². The molecule has 1 atom stereocenters. The summed E-state index contributed by atoms with van der Waals surface area (Å²) in [6.45, 7) is 3.56. The van der Waals surface area contributed by atoms with E-state index in [4.69, 9.17) is 16.3 Å². The van der Waals surface area contributed by atoms with E-state index in [0.717, 1.165) is 9.87 Å². The molecule has 0 bridgehead atoms. The van der Waals surface area contributed by atoms with Crippen LogP contribution in [0.25, 0.3) is 0 Å². The molecule has 0 spiro atoms. The summed E-state index contributed by atoms with van der Waals surface area (Å²) in [5.41, 5.74) is 1.14. The third-order valence-corrected chi connectivity index (χ3v) is 6.08. The Morgan fingerprint density at radius 3 is 2.48 bits per heavy atom. The van der Waals surface area contributed by atoms with Crippen LogP contribution < -0.4 is 9.62 Å². The van der Waals surface area contributed by atoms with Crippen molar-refractivity contribution in [2.24, 2.45) is 0 Å². The first-order valence-corrected chi connectivity index (χ1v) is 10.2. The number of aryl methyl sites for hydroxylation is 1. The number of amides is 1. The van der Waals surface area contributed by atoms with Crippen LogP contribution in [0.15, 0.2) is 53.4 Å². The van der Waals surface area contributed by atoms with Crippen LogP contribution in [0.4, 0.5) is 5.69 Å². The molecule has 0 heterocycles. The highest BCUT2D eigenvalue weighted by Gasteiger charge is 2.27. The van der Waals surface area contributed by atoms with Crippen LogP contribution in [0.1, 0.15) is 12.5 Å². The molecule has 0 saturated carbocycles. The van der Waals surface area contributed by atoms with Crippen molar-refractivity contribution in [3.05, 3.63) is 59.1 Å². The van der Waals surface area contributed by atoms with Gasteiger partial charge in [-0.05, 0) is 43.7 Å². The van der Waals surface area contributed by atoms with Gasteiger partial charge in [-0.15, -0.1) is 0 Å². The number of nitrogens with zero attached hydrogens (tertiary/aromatic N) is 1. The Morgan fingerprint density at radius 2 is 1.89 bits per heavy atom. The number of halogens is 1. The van der Waals surface area contributed by atoms with Crippen LogP contribution in [0.2, 0.25) is 5.02 Å². The van der Waals surface area contributed by atoms with Gasteiger partial charge in [-0.2, -0.15) is 0 Å². The van der Waals surface area contributed by atoms with E-state index in [9.17, 15) is 13.2 Å². The number of carbonyl (C=O) groups is 1. The quantitative estimate of drug-likeness (QED) is 0.725. The Morgan fingerprint density at radius 1 is 1.22 bits per heavy atom. The average molecular weight is 411 g/mol. The van der Waals surface area contributed by atoms with Gasteiger partial charge in [-0.1, -0.05) is 35.9 Å². The lowest BCUT2D eigenvalue weighted by atomic mass is 10.2. The fourth-order valence-corrected chi connectivity index (χ4v) is 4.12. The maximum absolute atomic E-state index is 13.2. The highest BCUT2D eigenvalue weighted by Crippen LogP contribution is 2.27. The predicted octanol–water partition coefficient (Wildman–Crippen LogP) is 2.99. The van der Waals surface area contributed by atoms with Crippen molar-refractivity contribution in [2.75, 3.05) is 24.6 Å². The van der Waals surface area contributed by atoms with E-state index >= 15 is 0 Å². The van der Waals surface area contributed by atoms with Crippen molar-refractivity contribution in [1.29, 1.82) is 0 Å². The van der Waals surface area contributed by atoms with Gasteiger partial charge in [0.1, 0.15) is 6.54 Å². The van der Waals surface area contributed by atoms with Gasteiger partial charge < -0.3 is 10.1 Å². The summed E-state index contributed by atoms with van der Waals surface area (Å²) >= 11 is 6.18. The summed E-state index contributed by atoms with van der Waals surface area (Å²) in [6.07, 6.45) is 0. The summed E-state index contributed by atoms with van der Waals surface area (Å²) in [4.78, 5) is 12.5. The Bertz CT molecular complexity index is 888. The number of sulfonamides is 1. The average Bonchev–Trinajstić information content (AvgIpc) is 2.63. The number of ether oxygens (including phenoxy) is 1. The molecule has 2 rings (SSSR count). The highest BCUT2D eigenvalue weighted by molar-refractivity contribution is 7.92. The molecule has 1 amide bonds. The fraction of sp³-hybridized carbons (Fsp3) is 0.316. The van der Waals surface area contributed by atoms with Gasteiger partial charge in [0.15, 0.2) is 0 Å². The molecule has 0 unspecified atom stereocenters. The van der Waals surface area contributed by atoms with Crippen LogP contribution >= 0.6 is 11.6 Å². The Kier molecular flexibility index (Phi) is 7.24. The molecule has 0 aliphatic heterocycles. The van der Waals surface area contributed by atoms with Gasteiger partial charge in [0.05, 0.1) is 17.2 Å². The summed E-state index contributed by atoms with van der Waals surface area (Å²) in [6, 6.07) is 12.6. The summed E-state index contributed by atoms with van der Waals surface area (Å²) < 4.78 is 32.4. The number of hydrogen-bond donors (Lipinski definition) is 1. The third kappa shape index (κ3) is 5.45. The zero-order chi connectivity index (χ0) is 20.0. The monoisotopic (exact) mass is 410 g/mol. The number of rotatable bonds is 8. The zero-order valence-electron chi connectivity index (χ0n) is 15.5. The van der Waals surface area contributed by atoms with Crippen LogP contribution in [0, 0.1) is 6.92 Å². The van der Waals surface area contributed by atoms with Crippen LogP contribution in [0.5, 0.6) is 0 Å². The SMILES string of the molecule is COC[C@H](C)NC(=O)CN(c1ccc(C)c(Cl)c1)S(=O)(=O)c1ccccc1. The molecule has 6 nitrogen and oxygen atoms in total. The predicted molar refractivity (Wildman–Crippen MR) is 107 cm³/mol. The second-order valence-corrected chi connectivity index (χ2v) is 8.45. The number of benzene rings is 2. The van der Waals surface area contributed by atoms with Crippen LogP contribution in [-0.4, -0.2) is 40.6 Å². The Balaban J connectivity index is 2.40. The van der Waals surface area contributed by atoms with Gasteiger partial charge in [0, 0.05) is 18.2 Å². The lowest BCUT2D eigenvalue weighted by molar-refractivity contribution is -0.120. The minimum atomic E-state index is -3.94. The number of carbonyl (C=O) groups excluding carboxylic acids is 1. The van der Waals surface area contributed by atoms with Gasteiger partial charge in [0.25, 0.3) is 10.0 Å². The van der Waals surface area contributed by atoms with Crippen molar-refractivity contribution in [3.8, 4) is 0 Å². The van der Waals surface area contributed by atoms with Crippen molar-refractivity contribution >= 4 is 33.2 Å². The van der Waals surface area contributed by atoms with Gasteiger partial charge in [-0.3, -0.25) is 9.10 Å². The Hall–Kier alpha value is -2.09. The van der Waals surface area contributed by atoms with E-state index < -0.39 is 15.9 Å². The molecule has 27 heavy (non-hydrogen) atoms. The minimum absolute atomic E-state index is 0.0967. The van der Waals surface area contributed by atoms with Gasteiger partial charge in [-0.25, -0.2) is 8.42 Å². The van der Waals surface area contributed by atoms with Crippen molar-refractivity contribution in [1.82, 2.24) is 5.32 Å².